The quantitative estimate of drug-likeness (QED) is 0.722. The molecule has 0 bridgehead atoms. The Bertz CT molecular complexity index is 381. The summed E-state index contributed by atoms with van der Waals surface area (Å²) in [5.41, 5.74) is 7.90. The van der Waals surface area contributed by atoms with Gasteiger partial charge in [-0.2, -0.15) is 0 Å². The van der Waals surface area contributed by atoms with E-state index < -0.39 is 0 Å². The lowest BCUT2D eigenvalue weighted by Gasteiger charge is -2.18. The molecule has 14 heavy (non-hydrogen) atoms. The molecule has 1 aliphatic carbocycles. The first-order valence-electron chi connectivity index (χ1n) is 5.00. The standard InChI is InChI=1S/C11H15NOS/c1-6-3-4-8-9(5-6)14-11(12)10(8)7(2)13/h6H,3-5,12H2,1-2H3. The molecular weight excluding hydrogens is 194 g/mol. The van der Waals surface area contributed by atoms with E-state index in [1.807, 2.05) is 0 Å². The van der Waals surface area contributed by atoms with Crippen molar-refractivity contribution in [2.75, 3.05) is 5.73 Å². The smallest absolute Gasteiger partial charge is 0.163 e. The minimum atomic E-state index is 0.120. The normalized spacial score (nSPS) is 20.6. The molecule has 0 aromatic carbocycles. The van der Waals surface area contributed by atoms with Crippen LogP contribution in [-0.2, 0) is 12.8 Å². The van der Waals surface area contributed by atoms with Gasteiger partial charge in [-0.05, 0) is 37.7 Å². The van der Waals surface area contributed by atoms with Crippen LogP contribution in [0.1, 0.15) is 41.1 Å². The van der Waals surface area contributed by atoms with E-state index in [2.05, 4.69) is 6.92 Å². The molecule has 1 unspecified atom stereocenters. The highest BCUT2D eigenvalue weighted by Crippen LogP contribution is 2.37. The van der Waals surface area contributed by atoms with Crippen molar-refractivity contribution in [3.05, 3.63) is 16.0 Å². The minimum Gasteiger partial charge on any atom is -0.390 e. The van der Waals surface area contributed by atoms with E-state index in [1.165, 1.54) is 16.9 Å². The van der Waals surface area contributed by atoms with E-state index in [0.29, 0.717) is 0 Å². The van der Waals surface area contributed by atoms with Crippen molar-refractivity contribution in [1.29, 1.82) is 0 Å². The van der Waals surface area contributed by atoms with Crippen molar-refractivity contribution in [3.63, 3.8) is 0 Å². The molecule has 0 amide bonds. The Morgan fingerprint density at radius 2 is 2.29 bits per heavy atom. The Kier molecular flexibility index (Phi) is 2.35. The molecule has 2 N–H and O–H groups in total. The molecule has 1 aromatic rings. The van der Waals surface area contributed by atoms with Gasteiger partial charge in [0, 0.05) is 4.88 Å². The zero-order valence-corrected chi connectivity index (χ0v) is 9.41. The van der Waals surface area contributed by atoms with Crippen LogP contribution < -0.4 is 5.73 Å². The van der Waals surface area contributed by atoms with E-state index >= 15 is 0 Å². The first kappa shape index (κ1) is 9.71. The predicted molar refractivity (Wildman–Crippen MR) is 59.9 cm³/mol. The van der Waals surface area contributed by atoms with Gasteiger partial charge in [-0.1, -0.05) is 6.92 Å². The van der Waals surface area contributed by atoms with E-state index in [-0.39, 0.29) is 5.78 Å². The number of ketones is 1. The van der Waals surface area contributed by atoms with E-state index in [4.69, 9.17) is 5.73 Å². The highest BCUT2D eigenvalue weighted by atomic mass is 32.1. The summed E-state index contributed by atoms with van der Waals surface area (Å²) in [6, 6.07) is 0. The van der Waals surface area contributed by atoms with Crippen LogP contribution >= 0.6 is 11.3 Å². The summed E-state index contributed by atoms with van der Waals surface area (Å²) in [6.07, 6.45) is 3.31. The molecule has 0 aliphatic heterocycles. The van der Waals surface area contributed by atoms with Crippen LogP contribution in [-0.4, -0.2) is 5.78 Å². The van der Waals surface area contributed by atoms with Gasteiger partial charge in [-0.25, -0.2) is 0 Å². The maximum absolute atomic E-state index is 11.4. The van der Waals surface area contributed by atoms with Gasteiger partial charge in [-0.3, -0.25) is 4.79 Å². The molecule has 2 rings (SSSR count). The third kappa shape index (κ3) is 1.46. The highest BCUT2D eigenvalue weighted by Gasteiger charge is 2.24. The summed E-state index contributed by atoms with van der Waals surface area (Å²) in [7, 11) is 0. The second-order valence-corrected chi connectivity index (χ2v) is 5.28. The zero-order valence-electron chi connectivity index (χ0n) is 8.59. The lowest BCUT2D eigenvalue weighted by molar-refractivity contribution is 0.101. The first-order chi connectivity index (χ1) is 6.59. The Morgan fingerprint density at radius 3 is 2.93 bits per heavy atom. The van der Waals surface area contributed by atoms with Gasteiger partial charge < -0.3 is 5.73 Å². The first-order valence-corrected chi connectivity index (χ1v) is 5.82. The monoisotopic (exact) mass is 209 g/mol. The second kappa shape index (κ2) is 3.39. The topological polar surface area (TPSA) is 43.1 Å². The lowest BCUT2D eigenvalue weighted by atomic mass is 9.88. The number of thiophene rings is 1. The molecular formula is C11H15NOS. The van der Waals surface area contributed by atoms with Crippen LogP contribution in [0.4, 0.5) is 5.00 Å². The van der Waals surface area contributed by atoms with Crippen molar-refractivity contribution < 1.29 is 4.79 Å². The van der Waals surface area contributed by atoms with Gasteiger partial charge in [0.1, 0.15) is 0 Å². The Labute approximate surface area is 88.1 Å². The molecule has 0 saturated carbocycles. The third-order valence-corrected chi connectivity index (χ3v) is 3.97. The second-order valence-electron chi connectivity index (χ2n) is 4.15. The van der Waals surface area contributed by atoms with Gasteiger partial charge in [0.2, 0.25) is 0 Å². The van der Waals surface area contributed by atoms with Crippen molar-refractivity contribution >= 4 is 22.1 Å². The molecule has 0 fully saturated rings. The summed E-state index contributed by atoms with van der Waals surface area (Å²) < 4.78 is 0. The average molecular weight is 209 g/mol. The molecule has 1 heterocycles. The number of Topliss-reactive ketones (excluding diaryl/α,β-unsaturated/α-hetero) is 1. The maximum atomic E-state index is 11.4. The van der Waals surface area contributed by atoms with Crippen LogP contribution in [0.3, 0.4) is 0 Å². The van der Waals surface area contributed by atoms with Crippen molar-refractivity contribution in [3.8, 4) is 0 Å². The number of anilines is 1. The molecule has 1 aromatic heterocycles. The van der Waals surface area contributed by atoms with Crippen LogP contribution in [0.2, 0.25) is 0 Å². The number of fused-ring (bicyclic) bond motifs is 1. The van der Waals surface area contributed by atoms with E-state index in [9.17, 15) is 4.79 Å². The van der Waals surface area contributed by atoms with Gasteiger partial charge in [-0.15, -0.1) is 11.3 Å². The van der Waals surface area contributed by atoms with Gasteiger partial charge in [0.25, 0.3) is 0 Å². The molecule has 1 atom stereocenters. The Morgan fingerprint density at radius 1 is 1.57 bits per heavy atom. The fourth-order valence-electron chi connectivity index (χ4n) is 2.16. The fraction of sp³-hybridized carbons (Fsp3) is 0.545. The zero-order chi connectivity index (χ0) is 10.3. The molecule has 0 saturated heterocycles. The minimum absolute atomic E-state index is 0.120. The third-order valence-electron chi connectivity index (χ3n) is 2.89. The molecule has 0 spiro atoms. The highest BCUT2D eigenvalue weighted by molar-refractivity contribution is 7.16. The molecule has 76 valence electrons. The van der Waals surface area contributed by atoms with Crippen molar-refractivity contribution in [1.82, 2.24) is 0 Å². The van der Waals surface area contributed by atoms with Crippen LogP contribution in [0, 0.1) is 5.92 Å². The maximum Gasteiger partial charge on any atom is 0.163 e. The van der Waals surface area contributed by atoms with E-state index in [0.717, 1.165) is 29.3 Å². The fourth-order valence-corrected chi connectivity index (χ4v) is 3.49. The average Bonchev–Trinajstić information content (AvgIpc) is 2.39. The number of hydrogen-bond acceptors (Lipinski definition) is 3. The summed E-state index contributed by atoms with van der Waals surface area (Å²) in [5.74, 6) is 0.856. The lowest BCUT2D eigenvalue weighted by Crippen LogP contribution is -2.11. The Balaban J connectivity index is 2.49. The summed E-state index contributed by atoms with van der Waals surface area (Å²) >= 11 is 1.61. The largest absolute Gasteiger partial charge is 0.390 e. The van der Waals surface area contributed by atoms with Gasteiger partial charge in [0.15, 0.2) is 5.78 Å². The van der Waals surface area contributed by atoms with Gasteiger partial charge in [0.05, 0.1) is 10.6 Å². The van der Waals surface area contributed by atoms with Crippen LogP contribution in [0.25, 0.3) is 0 Å². The van der Waals surface area contributed by atoms with Crippen molar-refractivity contribution in [2.24, 2.45) is 5.92 Å². The van der Waals surface area contributed by atoms with Gasteiger partial charge >= 0.3 is 0 Å². The molecule has 0 radical (unpaired) electrons. The number of carbonyl (C=O) groups is 1. The number of nitrogen functional groups attached to an aromatic ring is 1. The molecule has 3 heteroatoms. The SMILES string of the molecule is CC(=O)c1c(N)sc2c1CCC(C)C2. The summed E-state index contributed by atoms with van der Waals surface area (Å²) in [4.78, 5) is 12.7. The Hall–Kier alpha value is -0.830. The molecule has 1 aliphatic rings. The van der Waals surface area contributed by atoms with Crippen LogP contribution in [0.15, 0.2) is 0 Å². The number of carbonyl (C=O) groups excluding carboxylic acids is 1. The number of rotatable bonds is 1. The number of nitrogens with two attached hydrogens (primary N) is 1. The van der Waals surface area contributed by atoms with E-state index in [1.54, 1.807) is 18.3 Å². The summed E-state index contributed by atoms with van der Waals surface area (Å²) in [5, 5.41) is 0.719. The molecule has 2 nitrogen and oxygen atoms in total. The predicted octanol–water partition coefficient (Wildman–Crippen LogP) is 2.66. The van der Waals surface area contributed by atoms with Crippen LogP contribution in [0.5, 0.6) is 0 Å². The summed E-state index contributed by atoms with van der Waals surface area (Å²) in [6.45, 7) is 3.86. The van der Waals surface area contributed by atoms with Crippen molar-refractivity contribution in [2.45, 2.75) is 33.1 Å². The number of hydrogen-bond donors (Lipinski definition) is 1.